The van der Waals surface area contributed by atoms with E-state index < -0.39 is 6.43 Å². The third-order valence-electron chi connectivity index (χ3n) is 1.33. The minimum Gasteiger partial charge on any atom is -0.296 e. The molecule has 0 unspecified atom stereocenters. The molecule has 0 saturated heterocycles. The lowest BCUT2D eigenvalue weighted by molar-refractivity contribution is 0.111. The average Bonchev–Trinajstić information content (AvgIpc) is 2.07. The van der Waals surface area contributed by atoms with E-state index in [1.807, 2.05) is 0 Å². The van der Waals surface area contributed by atoms with Crippen LogP contribution >= 0.6 is 38.5 Å². The first kappa shape index (κ1) is 11.0. The zero-order chi connectivity index (χ0) is 10.0. The van der Waals surface area contributed by atoms with Crippen molar-refractivity contribution in [2.24, 2.45) is 0 Å². The minimum absolute atomic E-state index is 0.0185. The molecule has 1 aromatic heterocycles. The first-order valence-electron chi connectivity index (χ1n) is 3.15. The van der Waals surface area contributed by atoms with Crippen LogP contribution in [0.4, 0.5) is 8.78 Å². The molecule has 0 aliphatic heterocycles. The van der Waals surface area contributed by atoms with Gasteiger partial charge in [0.1, 0.15) is 10.3 Å². The molecule has 0 bridgehead atoms. The summed E-state index contributed by atoms with van der Waals surface area (Å²) < 4.78 is 25.0. The molecule has 0 radical (unpaired) electrons. The maximum absolute atomic E-state index is 12.3. The van der Waals surface area contributed by atoms with Crippen LogP contribution in [0, 0.1) is 3.57 Å². The van der Waals surface area contributed by atoms with Gasteiger partial charge in [-0.25, -0.2) is 13.8 Å². The lowest BCUT2D eigenvalue weighted by Crippen LogP contribution is -1.97. The van der Waals surface area contributed by atoms with Crippen LogP contribution in [0.25, 0.3) is 0 Å². The van der Waals surface area contributed by atoms with E-state index in [9.17, 15) is 13.6 Å². The van der Waals surface area contributed by atoms with Gasteiger partial charge in [-0.3, -0.25) is 4.79 Å². The summed E-state index contributed by atoms with van der Waals surface area (Å²) in [5, 5.41) is 0. The van der Waals surface area contributed by atoms with Gasteiger partial charge in [0.2, 0.25) is 0 Å². The number of halogens is 4. The van der Waals surface area contributed by atoms with Crippen molar-refractivity contribution in [3.8, 4) is 0 Å². The predicted octanol–water partition coefficient (Wildman–Crippen LogP) is 3.20. The molecule has 1 rings (SSSR count). The second kappa shape index (κ2) is 4.41. The van der Waals surface area contributed by atoms with Crippen molar-refractivity contribution in [3.05, 3.63) is 25.5 Å². The molecular weight excluding hydrogens is 359 g/mol. The molecule has 0 atom stereocenters. The van der Waals surface area contributed by atoms with E-state index in [-0.39, 0.29) is 15.9 Å². The van der Waals surface area contributed by atoms with Gasteiger partial charge in [0.05, 0.1) is 5.56 Å². The summed E-state index contributed by atoms with van der Waals surface area (Å²) in [7, 11) is 0. The number of nitrogens with zero attached hydrogens (tertiary/aromatic N) is 1. The molecule has 0 aliphatic carbocycles. The van der Waals surface area contributed by atoms with Gasteiger partial charge >= 0.3 is 0 Å². The third kappa shape index (κ3) is 2.43. The van der Waals surface area contributed by atoms with Gasteiger partial charge in [-0.2, -0.15) is 0 Å². The van der Waals surface area contributed by atoms with Gasteiger partial charge in [-0.15, -0.1) is 0 Å². The Morgan fingerprint density at radius 1 is 1.62 bits per heavy atom. The Balaban J connectivity index is 3.28. The van der Waals surface area contributed by atoms with Crippen molar-refractivity contribution in [3.63, 3.8) is 0 Å². The van der Waals surface area contributed by atoms with Crippen molar-refractivity contribution in [2.75, 3.05) is 0 Å². The second-order valence-corrected chi connectivity index (χ2v) is 4.07. The lowest BCUT2D eigenvalue weighted by Gasteiger charge is -2.04. The van der Waals surface area contributed by atoms with Crippen LogP contribution in [-0.2, 0) is 0 Å². The highest BCUT2D eigenvalue weighted by Gasteiger charge is 2.15. The molecule has 0 N–H and O–H groups in total. The van der Waals surface area contributed by atoms with E-state index in [1.54, 1.807) is 22.6 Å². The normalized spacial score (nSPS) is 10.5. The van der Waals surface area contributed by atoms with Crippen LogP contribution in [0.5, 0.6) is 0 Å². The maximum atomic E-state index is 12.3. The Morgan fingerprint density at radius 3 is 2.69 bits per heavy atom. The van der Waals surface area contributed by atoms with Gasteiger partial charge in [0.25, 0.3) is 6.43 Å². The topological polar surface area (TPSA) is 30.0 Å². The molecular formula is C7H3BrF2INO. The van der Waals surface area contributed by atoms with Crippen LogP contribution in [0.15, 0.2) is 10.7 Å². The first-order chi connectivity index (χ1) is 6.06. The van der Waals surface area contributed by atoms with Crippen molar-refractivity contribution in [1.82, 2.24) is 4.98 Å². The quantitative estimate of drug-likeness (QED) is 0.460. The van der Waals surface area contributed by atoms with Gasteiger partial charge in [-0.1, -0.05) is 0 Å². The molecule has 1 aromatic rings. The summed E-state index contributed by atoms with van der Waals surface area (Å²) in [5.74, 6) is 0. The summed E-state index contributed by atoms with van der Waals surface area (Å²) in [6.07, 6.45) is -2.06. The molecule has 0 spiro atoms. The molecule has 0 amide bonds. The number of alkyl halides is 2. The smallest absolute Gasteiger partial charge is 0.266 e. The number of aromatic nitrogens is 1. The Bertz CT molecular complexity index is 346. The van der Waals surface area contributed by atoms with Crippen LogP contribution < -0.4 is 0 Å². The fourth-order valence-corrected chi connectivity index (χ4v) is 1.79. The number of pyridine rings is 1. The molecule has 0 aliphatic rings. The summed E-state index contributed by atoms with van der Waals surface area (Å²) >= 11 is 4.66. The highest BCUT2D eigenvalue weighted by Crippen LogP contribution is 2.27. The maximum Gasteiger partial charge on any atom is 0.266 e. The molecule has 6 heteroatoms. The average molecular weight is 362 g/mol. The molecule has 0 aromatic carbocycles. The zero-order valence-corrected chi connectivity index (χ0v) is 9.84. The van der Waals surface area contributed by atoms with Crippen LogP contribution in [-0.4, -0.2) is 11.3 Å². The van der Waals surface area contributed by atoms with E-state index in [1.165, 1.54) is 6.07 Å². The van der Waals surface area contributed by atoms with Crippen molar-refractivity contribution in [2.45, 2.75) is 6.43 Å². The Morgan fingerprint density at radius 2 is 2.23 bits per heavy atom. The van der Waals surface area contributed by atoms with Crippen molar-refractivity contribution in [1.29, 1.82) is 0 Å². The van der Waals surface area contributed by atoms with Gasteiger partial charge in [0.15, 0.2) is 6.29 Å². The van der Waals surface area contributed by atoms with Crippen LogP contribution in [0.3, 0.4) is 0 Å². The Hall–Kier alpha value is -0.110. The van der Waals surface area contributed by atoms with E-state index in [0.29, 0.717) is 9.86 Å². The number of hydrogen-bond donors (Lipinski definition) is 0. The van der Waals surface area contributed by atoms with Crippen LogP contribution in [0.2, 0.25) is 0 Å². The lowest BCUT2D eigenvalue weighted by atomic mass is 10.2. The van der Waals surface area contributed by atoms with E-state index in [2.05, 4.69) is 20.9 Å². The molecule has 13 heavy (non-hydrogen) atoms. The highest BCUT2D eigenvalue weighted by molar-refractivity contribution is 14.1. The number of carbonyl (C=O) groups excluding carboxylic acids is 1. The SMILES string of the molecule is O=Cc1nc(Br)c(C(F)F)cc1I. The monoisotopic (exact) mass is 361 g/mol. The number of hydrogen-bond acceptors (Lipinski definition) is 2. The van der Waals surface area contributed by atoms with Crippen LogP contribution in [0.1, 0.15) is 22.5 Å². The summed E-state index contributed by atoms with van der Waals surface area (Å²) in [6, 6.07) is 1.24. The van der Waals surface area contributed by atoms with E-state index in [0.717, 1.165) is 0 Å². The standard InChI is InChI=1S/C7H3BrF2INO/c8-6-3(7(9)10)1-4(11)5(2-13)12-6/h1-2,7H. The number of rotatable bonds is 2. The van der Waals surface area contributed by atoms with E-state index >= 15 is 0 Å². The summed E-state index contributed by atoms with van der Waals surface area (Å²) in [5.41, 5.74) is -0.0353. The zero-order valence-electron chi connectivity index (χ0n) is 6.10. The van der Waals surface area contributed by atoms with Gasteiger partial charge in [0, 0.05) is 3.57 Å². The van der Waals surface area contributed by atoms with E-state index in [4.69, 9.17) is 0 Å². The number of aldehydes is 1. The van der Waals surface area contributed by atoms with Gasteiger partial charge in [-0.05, 0) is 44.6 Å². The molecule has 1 heterocycles. The third-order valence-corrected chi connectivity index (χ3v) is 2.83. The fourth-order valence-electron chi connectivity index (χ4n) is 0.729. The highest BCUT2D eigenvalue weighted by atomic mass is 127. The fraction of sp³-hybridized carbons (Fsp3) is 0.143. The number of carbonyl (C=O) groups is 1. The van der Waals surface area contributed by atoms with Crippen molar-refractivity contribution >= 4 is 44.8 Å². The summed E-state index contributed by atoms with van der Waals surface area (Å²) in [6.45, 7) is 0. The van der Waals surface area contributed by atoms with Crippen molar-refractivity contribution < 1.29 is 13.6 Å². The Labute approximate surface area is 95.0 Å². The molecule has 0 fully saturated rings. The van der Waals surface area contributed by atoms with Gasteiger partial charge < -0.3 is 0 Å². The molecule has 2 nitrogen and oxygen atoms in total. The Kier molecular flexibility index (Phi) is 3.72. The predicted molar refractivity (Wildman–Crippen MR) is 55.0 cm³/mol. The minimum atomic E-state index is -2.59. The largest absolute Gasteiger partial charge is 0.296 e. The molecule has 0 saturated carbocycles. The summed E-state index contributed by atoms with van der Waals surface area (Å²) in [4.78, 5) is 14.1. The molecule has 70 valence electrons. The second-order valence-electron chi connectivity index (χ2n) is 2.15. The first-order valence-corrected chi connectivity index (χ1v) is 5.02.